The molecule has 7 heteroatoms. The molecule has 2 aromatic carbocycles. The number of amides is 1. The van der Waals surface area contributed by atoms with Crippen LogP contribution in [0, 0.1) is 0 Å². The number of anilines is 1. The molecule has 1 amide bonds. The average molecular weight is 423 g/mol. The summed E-state index contributed by atoms with van der Waals surface area (Å²) in [6.07, 6.45) is 1.68. The molecule has 1 aliphatic rings. The van der Waals surface area contributed by atoms with Gasteiger partial charge in [-0.1, -0.05) is 12.1 Å². The summed E-state index contributed by atoms with van der Waals surface area (Å²) in [6, 6.07) is 12.4. The van der Waals surface area contributed by atoms with Crippen molar-refractivity contribution >= 4 is 23.6 Å². The largest absolute Gasteiger partial charge is 0.494 e. The fourth-order valence-electron chi connectivity index (χ4n) is 3.45. The summed E-state index contributed by atoms with van der Waals surface area (Å²) in [6.45, 7) is 4.18. The van der Waals surface area contributed by atoms with Crippen molar-refractivity contribution in [2.45, 2.75) is 13.8 Å². The number of benzene rings is 2. The van der Waals surface area contributed by atoms with Crippen molar-refractivity contribution < 1.29 is 28.5 Å². The van der Waals surface area contributed by atoms with E-state index in [9.17, 15) is 9.59 Å². The first kappa shape index (κ1) is 22.0. The molecule has 7 nitrogen and oxygen atoms in total. The smallest absolute Gasteiger partial charge is 0.340 e. The van der Waals surface area contributed by atoms with Gasteiger partial charge < -0.3 is 18.9 Å². The number of methoxy groups -OCH3 is 3. The van der Waals surface area contributed by atoms with E-state index in [-0.39, 0.29) is 17.1 Å². The topological polar surface area (TPSA) is 74.3 Å². The third-order valence-electron chi connectivity index (χ3n) is 4.92. The Hall–Kier alpha value is -3.74. The van der Waals surface area contributed by atoms with Gasteiger partial charge in [0.2, 0.25) is 0 Å². The lowest BCUT2D eigenvalue weighted by Crippen LogP contribution is -2.24. The first-order valence-electron chi connectivity index (χ1n) is 9.75. The third-order valence-corrected chi connectivity index (χ3v) is 4.92. The number of nitrogens with zero attached hydrogens (tertiary/aromatic N) is 1. The summed E-state index contributed by atoms with van der Waals surface area (Å²) < 4.78 is 21.1. The third kappa shape index (κ3) is 4.26. The predicted octanol–water partition coefficient (Wildman–Crippen LogP) is 3.98. The van der Waals surface area contributed by atoms with E-state index in [1.165, 1.54) is 26.2 Å². The van der Waals surface area contributed by atoms with E-state index in [0.29, 0.717) is 29.5 Å². The monoisotopic (exact) mass is 423 g/mol. The van der Waals surface area contributed by atoms with Crippen molar-refractivity contribution in [3.8, 4) is 17.2 Å². The average Bonchev–Trinajstić information content (AvgIpc) is 3.03. The Morgan fingerprint density at radius 3 is 2.26 bits per heavy atom. The normalized spacial score (nSPS) is 14.8. The first-order valence-corrected chi connectivity index (χ1v) is 9.75. The molecule has 3 rings (SSSR count). The van der Waals surface area contributed by atoms with Crippen molar-refractivity contribution in [1.29, 1.82) is 0 Å². The van der Waals surface area contributed by atoms with Gasteiger partial charge in [0, 0.05) is 11.8 Å². The molecule has 0 spiro atoms. The number of esters is 1. The summed E-state index contributed by atoms with van der Waals surface area (Å²) in [5.41, 5.74) is 2.26. The Morgan fingerprint density at radius 2 is 1.68 bits per heavy atom. The van der Waals surface area contributed by atoms with Crippen LogP contribution in [0.1, 0.15) is 19.4 Å². The summed E-state index contributed by atoms with van der Waals surface area (Å²) in [5.74, 6) is 0.835. The summed E-state index contributed by atoms with van der Waals surface area (Å²) in [5, 5.41) is 0. The van der Waals surface area contributed by atoms with Gasteiger partial charge in [0.25, 0.3) is 5.91 Å². The number of rotatable bonds is 7. The minimum Gasteiger partial charge on any atom is -0.494 e. The number of carbonyl (C=O) groups is 2. The van der Waals surface area contributed by atoms with Gasteiger partial charge in [0.15, 0.2) is 11.5 Å². The predicted molar refractivity (Wildman–Crippen MR) is 117 cm³/mol. The lowest BCUT2D eigenvalue weighted by atomic mass is 10.0. The number of ether oxygens (including phenoxy) is 4. The molecule has 162 valence electrons. The van der Waals surface area contributed by atoms with Crippen molar-refractivity contribution in [1.82, 2.24) is 0 Å². The van der Waals surface area contributed by atoms with Gasteiger partial charge in [0.1, 0.15) is 5.75 Å². The highest BCUT2D eigenvalue weighted by Crippen LogP contribution is 2.39. The van der Waals surface area contributed by atoms with Crippen LogP contribution in [-0.4, -0.2) is 39.8 Å². The number of carbonyl (C=O) groups excluding carboxylic acids is 2. The molecule has 0 atom stereocenters. The van der Waals surface area contributed by atoms with Crippen LogP contribution < -0.4 is 19.1 Å². The van der Waals surface area contributed by atoms with Crippen LogP contribution in [0.3, 0.4) is 0 Å². The lowest BCUT2D eigenvalue weighted by Gasteiger charge is -2.19. The molecule has 1 heterocycles. The molecule has 0 radical (unpaired) electrons. The van der Waals surface area contributed by atoms with Gasteiger partial charge in [0.05, 0.1) is 44.8 Å². The fourth-order valence-corrected chi connectivity index (χ4v) is 3.45. The maximum Gasteiger partial charge on any atom is 0.340 e. The number of allylic oxidation sites excluding steroid dienone is 1. The number of hydrogen-bond donors (Lipinski definition) is 0. The molecule has 0 unspecified atom stereocenters. The van der Waals surface area contributed by atoms with Crippen molar-refractivity contribution in [2.75, 3.05) is 32.8 Å². The molecule has 0 aromatic heterocycles. The first-order chi connectivity index (χ1) is 14.9. The SMILES string of the molecule is CCOc1ccc(/C=C2\C(=O)N(c3ccc(OC)c(OC)c3)C(C)=C2C(=O)OC)cc1. The molecule has 0 bridgehead atoms. The molecule has 0 saturated heterocycles. The maximum atomic E-state index is 13.4. The quantitative estimate of drug-likeness (QED) is 0.495. The van der Waals surface area contributed by atoms with Crippen LogP contribution in [0.2, 0.25) is 0 Å². The highest BCUT2D eigenvalue weighted by molar-refractivity contribution is 6.23. The van der Waals surface area contributed by atoms with Crippen LogP contribution in [0.15, 0.2) is 59.3 Å². The van der Waals surface area contributed by atoms with Gasteiger partial charge in [-0.15, -0.1) is 0 Å². The fraction of sp³-hybridized carbons (Fsp3) is 0.250. The highest BCUT2D eigenvalue weighted by Gasteiger charge is 2.38. The summed E-state index contributed by atoms with van der Waals surface area (Å²) in [7, 11) is 4.35. The van der Waals surface area contributed by atoms with E-state index in [2.05, 4.69) is 0 Å². The van der Waals surface area contributed by atoms with Crippen LogP contribution in [0.4, 0.5) is 5.69 Å². The minimum absolute atomic E-state index is 0.219. The summed E-state index contributed by atoms with van der Waals surface area (Å²) >= 11 is 0. The molecule has 1 aliphatic heterocycles. The second-order valence-electron chi connectivity index (χ2n) is 6.69. The van der Waals surface area contributed by atoms with E-state index in [1.807, 2.05) is 31.2 Å². The molecule has 0 fully saturated rings. The second-order valence-corrected chi connectivity index (χ2v) is 6.69. The molecular formula is C24H25NO6. The molecule has 0 saturated carbocycles. The van der Waals surface area contributed by atoms with E-state index >= 15 is 0 Å². The Labute approximate surface area is 181 Å². The van der Waals surface area contributed by atoms with Gasteiger partial charge in [-0.2, -0.15) is 0 Å². The zero-order valence-electron chi connectivity index (χ0n) is 18.2. The lowest BCUT2D eigenvalue weighted by molar-refractivity contribution is -0.136. The second kappa shape index (κ2) is 9.38. The van der Waals surface area contributed by atoms with Crippen LogP contribution in [0.5, 0.6) is 17.2 Å². The van der Waals surface area contributed by atoms with Gasteiger partial charge in [-0.3, -0.25) is 9.69 Å². The Bertz CT molecular complexity index is 1050. The van der Waals surface area contributed by atoms with E-state index in [1.54, 1.807) is 31.2 Å². The number of hydrogen-bond acceptors (Lipinski definition) is 6. The standard InChI is InChI=1S/C24H25NO6/c1-6-31-18-10-7-16(8-11-18)13-19-22(24(27)30-5)15(2)25(23(19)26)17-9-12-20(28-3)21(14-17)29-4/h7-14H,6H2,1-5H3/b19-13-. The van der Waals surface area contributed by atoms with E-state index < -0.39 is 5.97 Å². The van der Waals surface area contributed by atoms with Gasteiger partial charge >= 0.3 is 5.97 Å². The maximum absolute atomic E-state index is 13.4. The minimum atomic E-state index is -0.578. The molecule has 2 aromatic rings. The van der Waals surface area contributed by atoms with E-state index in [4.69, 9.17) is 18.9 Å². The van der Waals surface area contributed by atoms with Gasteiger partial charge in [-0.25, -0.2) is 4.79 Å². The Kier molecular flexibility index (Phi) is 6.65. The zero-order chi connectivity index (χ0) is 22.5. The Balaban J connectivity index is 2.07. The molecular weight excluding hydrogens is 398 g/mol. The van der Waals surface area contributed by atoms with Crippen LogP contribution in [0.25, 0.3) is 6.08 Å². The van der Waals surface area contributed by atoms with Crippen molar-refractivity contribution in [3.63, 3.8) is 0 Å². The molecule has 31 heavy (non-hydrogen) atoms. The van der Waals surface area contributed by atoms with E-state index in [0.717, 1.165) is 11.3 Å². The summed E-state index contributed by atoms with van der Waals surface area (Å²) in [4.78, 5) is 27.4. The van der Waals surface area contributed by atoms with Crippen LogP contribution in [-0.2, 0) is 14.3 Å². The highest BCUT2D eigenvalue weighted by atomic mass is 16.5. The van der Waals surface area contributed by atoms with Gasteiger partial charge in [-0.05, 0) is 49.8 Å². The van der Waals surface area contributed by atoms with Crippen molar-refractivity contribution in [2.24, 2.45) is 0 Å². The molecule has 0 N–H and O–H groups in total. The Morgan fingerprint density at radius 1 is 1.00 bits per heavy atom. The van der Waals surface area contributed by atoms with Crippen molar-refractivity contribution in [3.05, 3.63) is 64.9 Å². The zero-order valence-corrected chi connectivity index (χ0v) is 18.2. The molecule has 0 aliphatic carbocycles. The van der Waals surface area contributed by atoms with Crippen LogP contribution >= 0.6 is 0 Å².